The molecule has 4 heteroatoms. The van der Waals surface area contributed by atoms with Crippen LogP contribution < -0.4 is 5.73 Å². The lowest BCUT2D eigenvalue weighted by molar-refractivity contribution is 0.274. The molecule has 1 heterocycles. The Morgan fingerprint density at radius 3 is 2.82 bits per heavy atom. The highest BCUT2D eigenvalue weighted by Crippen LogP contribution is 2.29. The van der Waals surface area contributed by atoms with Crippen molar-refractivity contribution in [1.29, 1.82) is 0 Å². The van der Waals surface area contributed by atoms with Gasteiger partial charge in [-0.25, -0.2) is 4.39 Å². The molecule has 1 saturated heterocycles. The minimum atomic E-state index is -0.388. The number of hydrogen-bond acceptors (Lipinski definition) is 3. The number of nitrogens with two attached hydrogens (primary N) is 1. The van der Waals surface area contributed by atoms with E-state index < -0.39 is 0 Å². The van der Waals surface area contributed by atoms with Gasteiger partial charge in [0.1, 0.15) is 11.6 Å². The molecule has 1 aromatic carbocycles. The van der Waals surface area contributed by atoms with Crippen LogP contribution in [0.3, 0.4) is 0 Å². The number of aromatic hydroxyl groups is 1. The largest absolute Gasteiger partial charge is 0.508 e. The van der Waals surface area contributed by atoms with E-state index in [9.17, 15) is 9.50 Å². The Balaban J connectivity index is 2.02. The lowest BCUT2D eigenvalue weighted by atomic mass is 9.90. The summed E-state index contributed by atoms with van der Waals surface area (Å²) in [6, 6.07) is 4.20. The van der Waals surface area contributed by atoms with Gasteiger partial charge >= 0.3 is 0 Å². The van der Waals surface area contributed by atoms with E-state index in [1.807, 2.05) is 0 Å². The van der Waals surface area contributed by atoms with Crippen LogP contribution in [0.25, 0.3) is 0 Å². The first kappa shape index (κ1) is 12.3. The van der Waals surface area contributed by atoms with Crippen molar-refractivity contribution in [2.24, 2.45) is 11.1 Å². The molecule has 3 N–H and O–H groups in total. The number of nitrogens with zero attached hydrogens (tertiary/aromatic N) is 1. The summed E-state index contributed by atoms with van der Waals surface area (Å²) in [6.45, 7) is 5.43. The SMILES string of the molecule is CC1(CN)CCN(Cc2cc(O)cc(F)c2)C1. The van der Waals surface area contributed by atoms with Gasteiger partial charge in [-0.15, -0.1) is 0 Å². The maximum atomic E-state index is 13.1. The summed E-state index contributed by atoms with van der Waals surface area (Å²) in [7, 11) is 0. The molecule has 0 spiro atoms. The third kappa shape index (κ3) is 2.96. The molecule has 1 unspecified atom stereocenters. The van der Waals surface area contributed by atoms with Gasteiger partial charge in [0.2, 0.25) is 0 Å². The maximum absolute atomic E-state index is 13.1. The topological polar surface area (TPSA) is 49.5 Å². The Morgan fingerprint density at radius 1 is 1.47 bits per heavy atom. The van der Waals surface area contributed by atoms with Crippen molar-refractivity contribution < 1.29 is 9.50 Å². The Bertz CT molecular complexity index is 390. The summed E-state index contributed by atoms with van der Waals surface area (Å²) in [6.07, 6.45) is 1.07. The molecule has 1 fully saturated rings. The van der Waals surface area contributed by atoms with E-state index >= 15 is 0 Å². The van der Waals surface area contributed by atoms with E-state index in [0.717, 1.165) is 31.1 Å². The average molecular weight is 238 g/mol. The second kappa shape index (κ2) is 4.63. The summed E-state index contributed by atoms with van der Waals surface area (Å²) < 4.78 is 13.1. The number of phenolic OH excluding ortho intramolecular Hbond substituents is 1. The molecular formula is C13H19FN2O. The molecule has 3 nitrogen and oxygen atoms in total. The number of benzene rings is 1. The third-order valence-electron chi connectivity index (χ3n) is 3.48. The first-order chi connectivity index (χ1) is 8.00. The second-order valence-electron chi connectivity index (χ2n) is 5.29. The van der Waals surface area contributed by atoms with Gasteiger partial charge in [-0.05, 0) is 42.6 Å². The van der Waals surface area contributed by atoms with Crippen molar-refractivity contribution in [2.75, 3.05) is 19.6 Å². The minimum absolute atomic E-state index is 0.0132. The molecule has 0 saturated carbocycles. The zero-order valence-electron chi connectivity index (χ0n) is 10.1. The van der Waals surface area contributed by atoms with Gasteiger partial charge in [0, 0.05) is 19.2 Å². The molecule has 1 atom stereocenters. The standard InChI is InChI=1S/C13H19FN2O/c1-13(8-15)2-3-16(9-13)7-10-4-11(14)6-12(17)5-10/h4-6,17H,2-3,7-9,15H2,1H3. The van der Waals surface area contributed by atoms with Gasteiger partial charge in [-0.2, -0.15) is 0 Å². The van der Waals surface area contributed by atoms with Crippen LogP contribution in [0, 0.1) is 11.2 Å². The highest BCUT2D eigenvalue weighted by Gasteiger charge is 2.32. The van der Waals surface area contributed by atoms with Crippen LogP contribution in [0.5, 0.6) is 5.75 Å². The Kier molecular flexibility index (Phi) is 3.35. The van der Waals surface area contributed by atoms with E-state index in [1.165, 1.54) is 6.07 Å². The molecular weight excluding hydrogens is 219 g/mol. The first-order valence-corrected chi connectivity index (χ1v) is 5.92. The third-order valence-corrected chi connectivity index (χ3v) is 3.48. The molecule has 0 aromatic heterocycles. The number of halogens is 1. The highest BCUT2D eigenvalue weighted by atomic mass is 19.1. The van der Waals surface area contributed by atoms with Crippen molar-refractivity contribution in [2.45, 2.75) is 19.9 Å². The molecule has 1 aromatic rings. The van der Waals surface area contributed by atoms with Gasteiger partial charge in [0.15, 0.2) is 0 Å². The van der Waals surface area contributed by atoms with Crippen molar-refractivity contribution >= 4 is 0 Å². The summed E-state index contributed by atoms with van der Waals surface area (Å²) in [5, 5.41) is 9.34. The number of phenols is 1. The van der Waals surface area contributed by atoms with Crippen LogP contribution in [0.4, 0.5) is 4.39 Å². The Morgan fingerprint density at radius 2 is 2.24 bits per heavy atom. The monoisotopic (exact) mass is 238 g/mol. The average Bonchev–Trinajstić information content (AvgIpc) is 2.59. The normalized spacial score (nSPS) is 25.4. The van der Waals surface area contributed by atoms with Crippen LogP contribution in [0.1, 0.15) is 18.9 Å². The molecule has 17 heavy (non-hydrogen) atoms. The van der Waals surface area contributed by atoms with E-state index in [-0.39, 0.29) is 17.0 Å². The first-order valence-electron chi connectivity index (χ1n) is 5.92. The fraction of sp³-hybridized carbons (Fsp3) is 0.538. The quantitative estimate of drug-likeness (QED) is 0.842. The van der Waals surface area contributed by atoms with E-state index in [4.69, 9.17) is 5.73 Å². The van der Waals surface area contributed by atoms with Gasteiger partial charge in [-0.1, -0.05) is 6.92 Å². The van der Waals surface area contributed by atoms with Gasteiger partial charge in [0.25, 0.3) is 0 Å². The smallest absolute Gasteiger partial charge is 0.127 e. The molecule has 0 amide bonds. The van der Waals surface area contributed by atoms with Crippen molar-refractivity contribution in [3.05, 3.63) is 29.6 Å². The van der Waals surface area contributed by atoms with Crippen LogP contribution in [-0.4, -0.2) is 29.6 Å². The lowest BCUT2D eigenvalue weighted by Gasteiger charge is -2.22. The fourth-order valence-corrected chi connectivity index (χ4v) is 2.41. The predicted molar refractivity (Wildman–Crippen MR) is 65.1 cm³/mol. The Hall–Kier alpha value is -1.13. The molecule has 0 aliphatic carbocycles. The molecule has 0 radical (unpaired) electrons. The number of rotatable bonds is 3. The number of likely N-dealkylation sites (tertiary alicyclic amines) is 1. The zero-order valence-corrected chi connectivity index (χ0v) is 10.1. The molecule has 94 valence electrons. The minimum Gasteiger partial charge on any atom is -0.508 e. The lowest BCUT2D eigenvalue weighted by Crippen LogP contribution is -2.31. The van der Waals surface area contributed by atoms with Crippen LogP contribution in [0.15, 0.2) is 18.2 Å². The molecule has 1 aliphatic rings. The van der Waals surface area contributed by atoms with Gasteiger partial charge < -0.3 is 10.8 Å². The molecule has 2 rings (SSSR count). The summed E-state index contributed by atoms with van der Waals surface area (Å²) in [4.78, 5) is 2.25. The molecule has 1 aliphatic heterocycles. The highest BCUT2D eigenvalue weighted by molar-refractivity contribution is 5.28. The van der Waals surface area contributed by atoms with Gasteiger partial charge in [0.05, 0.1) is 0 Å². The molecule has 0 bridgehead atoms. The second-order valence-corrected chi connectivity index (χ2v) is 5.29. The predicted octanol–water partition coefficient (Wildman–Crippen LogP) is 1.70. The zero-order chi connectivity index (χ0) is 12.5. The summed E-state index contributed by atoms with van der Waals surface area (Å²) >= 11 is 0. The fourth-order valence-electron chi connectivity index (χ4n) is 2.41. The van der Waals surface area contributed by atoms with Gasteiger partial charge in [-0.3, -0.25) is 4.90 Å². The van der Waals surface area contributed by atoms with E-state index in [2.05, 4.69) is 11.8 Å². The summed E-state index contributed by atoms with van der Waals surface area (Å²) in [5.74, 6) is -0.401. The maximum Gasteiger partial charge on any atom is 0.127 e. The van der Waals surface area contributed by atoms with Crippen LogP contribution >= 0.6 is 0 Å². The van der Waals surface area contributed by atoms with Crippen LogP contribution in [-0.2, 0) is 6.54 Å². The van der Waals surface area contributed by atoms with Crippen LogP contribution in [0.2, 0.25) is 0 Å². The van der Waals surface area contributed by atoms with Crippen molar-refractivity contribution in [3.8, 4) is 5.75 Å². The van der Waals surface area contributed by atoms with Crippen molar-refractivity contribution in [3.63, 3.8) is 0 Å². The number of hydrogen-bond donors (Lipinski definition) is 2. The van der Waals surface area contributed by atoms with E-state index in [0.29, 0.717) is 13.1 Å². The van der Waals surface area contributed by atoms with Crippen molar-refractivity contribution in [1.82, 2.24) is 4.90 Å². The summed E-state index contributed by atoms with van der Waals surface area (Å²) in [5.41, 5.74) is 6.73. The Labute approximate surface area is 101 Å². The van der Waals surface area contributed by atoms with E-state index in [1.54, 1.807) is 6.07 Å².